The zero-order valence-corrected chi connectivity index (χ0v) is 9.77. The third-order valence-corrected chi connectivity index (χ3v) is 2.72. The number of amides is 2. The molecule has 1 aromatic heterocycles. The zero-order chi connectivity index (χ0) is 12.3. The van der Waals surface area contributed by atoms with E-state index < -0.39 is 0 Å². The van der Waals surface area contributed by atoms with E-state index in [-0.39, 0.29) is 17.5 Å². The standard InChI is InChI=1S/C12H15N3O2/c1-2-13-6-4-8-15-11(16)9-5-3-7-14-10(9)12(15)17/h3,5,7,13H,2,4,6,8H2,1H3. The van der Waals surface area contributed by atoms with Crippen molar-refractivity contribution in [2.45, 2.75) is 13.3 Å². The molecule has 1 aliphatic rings. The first-order valence-corrected chi connectivity index (χ1v) is 5.77. The van der Waals surface area contributed by atoms with Crippen LogP contribution in [0.5, 0.6) is 0 Å². The van der Waals surface area contributed by atoms with Gasteiger partial charge in [0, 0.05) is 12.7 Å². The molecule has 0 saturated carbocycles. The van der Waals surface area contributed by atoms with Gasteiger partial charge >= 0.3 is 0 Å². The van der Waals surface area contributed by atoms with E-state index in [0.29, 0.717) is 12.1 Å². The molecule has 0 aliphatic carbocycles. The van der Waals surface area contributed by atoms with Crippen molar-refractivity contribution >= 4 is 11.8 Å². The highest BCUT2D eigenvalue weighted by atomic mass is 16.2. The molecule has 1 aliphatic heterocycles. The summed E-state index contributed by atoms with van der Waals surface area (Å²) in [4.78, 5) is 29.0. The number of hydrogen-bond acceptors (Lipinski definition) is 4. The topological polar surface area (TPSA) is 62.3 Å². The van der Waals surface area contributed by atoms with Crippen LogP contribution >= 0.6 is 0 Å². The summed E-state index contributed by atoms with van der Waals surface area (Å²) in [6, 6.07) is 3.32. The van der Waals surface area contributed by atoms with Gasteiger partial charge in [-0.05, 0) is 31.6 Å². The lowest BCUT2D eigenvalue weighted by atomic mass is 10.2. The first-order valence-electron chi connectivity index (χ1n) is 5.77. The second kappa shape index (κ2) is 5.05. The molecule has 0 radical (unpaired) electrons. The fourth-order valence-electron chi connectivity index (χ4n) is 1.86. The number of carbonyl (C=O) groups excluding carboxylic acids is 2. The van der Waals surface area contributed by atoms with Crippen LogP contribution < -0.4 is 5.32 Å². The molecule has 90 valence electrons. The normalized spacial score (nSPS) is 14.3. The van der Waals surface area contributed by atoms with E-state index >= 15 is 0 Å². The molecular weight excluding hydrogens is 218 g/mol. The molecule has 2 heterocycles. The number of hydrogen-bond donors (Lipinski definition) is 1. The molecule has 5 heteroatoms. The maximum absolute atomic E-state index is 11.9. The van der Waals surface area contributed by atoms with Gasteiger partial charge in [-0.2, -0.15) is 0 Å². The lowest BCUT2D eigenvalue weighted by Crippen LogP contribution is -2.32. The highest BCUT2D eigenvalue weighted by Gasteiger charge is 2.35. The third kappa shape index (κ3) is 2.19. The van der Waals surface area contributed by atoms with Crippen molar-refractivity contribution in [2.24, 2.45) is 0 Å². The third-order valence-electron chi connectivity index (χ3n) is 2.72. The fourth-order valence-corrected chi connectivity index (χ4v) is 1.86. The number of aromatic nitrogens is 1. The minimum Gasteiger partial charge on any atom is -0.317 e. The van der Waals surface area contributed by atoms with Gasteiger partial charge in [-0.25, -0.2) is 0 Å². The first-order chi connectivity index (χ1) is 8.25. The Morgan fingerprint density at radius 2 is 2.18 bits per heavy atom. The number of carbonyl (C=O) groups is 2. The van der Waals surface area contributed by atoms with Crippen LogP contribution in [0.1, 0.15) is 34.2 Å². The van der Waals surface area contributed by atoms with E-state index in [1.807, 2.05) is 6.92 Å². The van der Waals surface area contributed by atoms with E-state index in [0.717, 1.165) is 19.5 Å². The summed E-state index contributed by atoms with van der Waals surface area (Å²) in [7, 11) is 0. The van der Waals surface area contributed by atoms with E-state index in [2.05, 4.69) is 10.3 Å². The van der Waals surface area contributed by atoms with Gasteiger partial charge in [0.1, 0.15) is 5.69 Å². The van der Waals surface area contributed by atoms with Gasteiger partial charge in [0.25, 0.3) is 11.8 Å². The van der Waals surface area contributed by atoms with Crippen LogP contribution in [0.4, 0.5) is 0 Å². The van der Waals surface area contributed by atoms with Crippen LogP contribution in [0.15, 0.2) is 18.3 Å². The Morgan fingerprint density at radius 3 is 2.88 bits per heavy atom. The number of pyridine rings is 1. The van der Waals surface area contributed by atoms with Crippen molar-refractivity contribution in [1.29, 1.82) is 0 Å². The summed E-state index contributed by atoms with van der Waals surface area (Å²) in [5.74, 6) is -0.503. The van der Waals surface area contributed by atoms with E-state index in [1.54, 1.807) is 12.1 Å². The van der Waals surface area contributed by atoms with E-state index in [9.17, 15) is 9.59 Å². The molecule has 17 heavy (non-hydrogen) atoms. The van der Waals surface area contributed by atoms with Crippen LogP contribution in [0.25, 0.3) is 0 Å². The molecule has 0 unspecified atom stereocenters. The molecule has 2 rings (SSSR count). The van der Waals surface area contributed by atoms with Gasteiger partial charge in [-0.15, -0.1) is 0 Å². The summed E-state index contributed by atoms with van der Waals surface area (Å²) in [6.45, 7) is 4.16. The van der Waals surface area contributed by atoms with Gasteiger partial charge in [0.15, 0.2) is 0 Å². The van der Waals surface area contributed by atoms with E-state index in [4.69, 9.17) is 0 Å². The summed E-state index contributed by atoms with van der Waals surface area (Å²) < 4.78 is 0. The summed E-state index contributed by atoms with van der Waals surface area (Å²) in [5.41, 5.74) is 0.696. The zero-order valence-electron chi connectivity index (χ0n) is 9.77. The van der Waals surface area contributed by atoms with Crippen molar-refractivity contribution in [3.05, 3.63) is 29.6 Å². The summed E-state index contributed by atoms with van der Waals surface area (Å²) in [6.07, 6.45) is 2.30. The monoisotopic (exact) mass is 233 g/mol. The smallest absolute Gasteiger partial charge is 0.280 e. The molecule has 0 aromatic carbocycles. The molecule has 2 amide bonds. The van der Waals surface area contributed by atoms with Crippen LogP contribution in [-0.4, -0.2) is 41.3 Å². The molecule has 5 nitrogen and oxygen atoms in total. The van der Waals surface area contributed by atoms with Gasteiger partial charge in [0.2, 0.25) is 0 Å². The number of nitrogens with one attached hydrogen (secondary N) is 1. The highest BCUT2D eigenvalue weighted by molar-refractivity contribution is 6.20. The lowest BCUT2D eigenvalue weighted by molar-refractivity contribution is 0.0651. The maximum Gasteiger partial charge on any atom is 0.280 e. The second-order valence-corrected chi connectivity index (χ2v) is 3.87. The number of fused-ring (bicyclic) bond motifs is 1. The number of rotatable bonds is 5. The Bertz CT molecular complexity index is 410. The van der Waals surface area contributed by atoms with Crippen molar-refractivity contribution in [3.63, 3.8) is 0 Å². The average Bonchev–Trinajstić information content (AvgIpc) is 2.60. The lowest BCUT2D eigenvalue weighted by Gasteiger charge is -2.13. The summed E-state index contributed by atoms with van der Waals surface area (Å²) in [5, 5.41) is 3.16. The van der Waals surface area contributed by atoms with Gasteiger partial charge < -0.3 is 5.32 Å². The maximum atomic E-state index is 11.9. The highest BCUT2D eigenvalue weighted by Crippen LogP contribution is 2.20. The predicted octanol–water partition coefficient (Wildman–Crippen LogP) is 0.677. The Hall–Kier alpha value is -1.75. The minimum atomic E-state index is -0.276. The molecule has 1 N–H and O–H groups in total. The number of imide groups is 1. The average molecular weight is 233 g/mol. The molecule has 0 spiro atoms. The summed E-state index contributed by atoms with van der Waals surface area (Å²) >= 11 is 0. The first kappa shape index (κ1) is 11.7. The van der Waals surface area contributed by atoms with Crippen molar-refractivity contribution < 1.29 is 9.59 Å². The van der Waals surface area contributed by atoms with Gasteiger partial charge in [-0.3, -0.25) is 19.5 Å². The molecule has 0 atom stereocenters. The van der Waals surface area contributed by atoms with Crippen LogP contribution in [-0.2, 0) is 0 Å². The molecule has 0 fully saturated rings. The molecular formula is C12H15N3O2. The van der Waals surface area contributed by atoms with Crippen LogP contribution in [0, 0.1) is 0 Å². The number of nitrogens with zero attached hydrogens (tertiary/aromatic N) is 2. The van der Waals surface area contributed by atoms with Crippen molar-refractivity contribution in [3.8, 4) is 0 Å². The molecule has 0 saturated heterocycles. The SMILES string of the molecule is CCNCCCN1C(=O)c2cccnc2C1=O. The van der Waals surface area contributed by atoms with Crippen molar-refractivity contribution in [1.82, 2.24) is 15.2 Å². The fraction of sp³-hybridized carbons (Fsp3) is 0.417. The Morgan fingerprint density at radius 1 is 1.35 bits per heavy atom. The molecule has 0 bridgehead atoms. The minimum absolute atomic E-state index is 0.227. The predicted molar refractivity (Wildman–Crippen MR) is 62.8 cm³/mol. The van der Waals surface area contributed by atoms with Crippen LogP contribution in [0.3, 0.4) is 0 Å². The van der Waals surface area contributed by atoms with Crippen molar-refractivity contribution in [2.75, 3.05) is 19.6 Å². The largest absolute Gasteiger partial charge is 0.317 e. The van der Waals surface area contributed by atoms with Gasteiger partial charge in [0.05, 0.1) is 5.56 Å². The second-order valence-electron chi connectivity index (χ2n) is 3.87. The van der Waals surface area contributed by atoms with Gasteiger partial charge in [-0.1, -0.05) is 6.92 Å². The van der Waals surface area contributed by atoms with E-state index in [1.165, 1.54) is 11.1 Å². The quantitative estimate of drug-likeness (QED) is 0.600. The Balaban J connectivity index is 2.03. The Labute approximate surface area is 99.8 Å². The molecule has 1 aromatic rings. The Kier molecular flexibility index (Phi) is 3.49. The van der Waals surface area contributed by atoms with Crippen LogP contribution in [0.2, 0.25) is 0 Å².